The van der Waals surface area contributed by atoms with Crippen molar-refractivity contribution in [2.45, 2.75) is 22.0 Å². The minimum absolute atomic E-state index is 0.0965. The van der Waals surface area contributed by atoms with Gasteiger partial charge in [-0.25, -0.2) is 16.8 Å². The van der Waals surface area contributed by atoms with Crippen molar-refractivity contribution in [2.75, 3.05) is 11.5 Å². The summed E-state index contributed by atoms with van der Waals surface area (Å²) in [5.74, 6) is -0.590. The van der Waals surface area contributed by atoms with Crippen LogP contribution < -0.4 is 5.32 Å². The van der Waals surface area contributed by atoms with Crippen molar-refractivity contribution >= 4 is 42.6 Å². The zero-order valence-electron chi connectivity index (χ0n) is 12.4. The number of aromatic nitrogens is 1. The largest absolute Gasteiger partial charge is 0.306 e. The fourth-order valence-corrected chi connectivity index (χ4v) is 9.08. The second kappa shape index (κ2) is 6.72. The molecule has 1 aliphatic rings. The molecule has 130 valence electrons. The second-order valence-electron chi connectivity index (χ2n) is 5.53. The summed E-state index contributed by atoms with van der Waals surface area (Å²) in [6.45, 7) is 0.304. The van der Waals surface area contributed by atoms with E-state index in [4.69, 9.17) is 11.6 Å². The highest BCUT2D eigenvalue weighted by Gasteiger charge is 2.46. The highest BCUT2D eigenvalue weighted by atomic mass is 35.5. The molecule has 0 saturated carbocycles. The van der Waals surface area contributed by atoms with E-state index in [1.807, 2.05) is 6.07 Å². The zero-order chi connectivity index (χ0) is 17.4. The molecule has 2 aromatic heterocycles. The second-order valence-corrected chi connectivity index (χ2v) is 11.8. The van der Waals surface area contributed by atoms with E-state index in [0.717, 1.165) is 17.0 Å². The van der Waals surface area contributed by atoms with Gasteiger partial charge < -0.3 is 5.32 Å². The molecule has 2 atom stereocenters. The lowest BCUT2D eigenvalue weighted by atomic mass is 10.2. The van der Waals surface area contributed by atoms with E-state index in [-0.39, 0.29) is 15.7 Å². The Kier molecular flexibility index (Phi) is 4.99. The molecule has 2 aromatic rings. The summed E-state index contributed by atoms with van der Waals surface area (Å²) in [5, 5.41) is 2.01. The van der Waals surface area contributed by atoms with Gasteiger partial charge in [-0.3, -0.25) is 4.98 Å². The van der Waals surface area contributed by atoms with Crippen LogP contribution >= 0.6 is 22.9 Å². The van der Waals surface area contributed by atoms with Crippen LogP contribution in [0.25, 0.3) is 0 Å². The first-order chi connectivity index (χ1) is 11.3. The van der Waals surface area contributed by atoms with Gasteiger partial charge in [0, 0.05) is 18.8 Å². The lowest BCUT2D eigenvalue weighted by molar-refractivity contribution is 0.524. The monoisotopic (exact) mass is 406 g/mol. The van der Waals surface area contributed by atoms with Crippen LogP contribution in [-0.2, 0) is 26.2 Å². The van der Waals surface area contributed by atoms with Crippen LogP contribution in [0.3, 0.4) is 0 Å². The van der Waals surface area contributed by atoms with E-state index < -0.39 is 31.0 Å². The summed E-state index contributed by atoms with van der Waals surface area (Å²) >= 11 is 6.76. The molecule has 0 unspecified atom stereocenters. The SMILES string of the molecule is O=S1(=O)C[C@H](NCc2ccccn2)[C@@H](S(=O)(=O)c2ccc(Cl)s2)C1. The normalized spacial score (nSPS) is 23.4. The van der Waals surface area contributed by atoms with E-state index in [9.17, 15) is 16.8 Å². The fraction of sp³-hybridized carbons (Fsp3) is 0.357. The highest BCUT2D eigenvalue weighted by molar-refractivity contribution is 7.97. The van der Waals surface area contributed by atoms with Crippen LogP contribution in [0.15, 0.2) is 40.7 Å². The van der Waals surface area contributed by atoms with E-state index in [1.165, 1.54) is 12.1 Å². The van der Waals surface area contributed by atoms with Crippen molar-refractivity contribution in [3.8, 4) is 0 Å². The Hall–Kier alpha value is -1.000. The van der Waals surface area contributed by atoms with Crippen LogP contribution in [-0.4, -0.2) is 44.6 Å². The number of nitrogens with zero attached hydrogens (tertiary/aromatic N) is 1. The molecule has 1 N–H and O–H groups in total. The molecule has 0 amide bonds. The third-order valence-electron chi connectivity index (χ3n) is 3.80. The highest BCUT2D eigenvalue weighted by Crippen LogP contribution is 2.32. The van der Waals surface area contributed by atoms with E-state index >= 15 is 0 Å². The first-order valence-corrected chi connectivity index (χ1v) is 11.7. The molecule has 1 fully saturated rings. The van der Waals surface area contributed by atoms with Gasteiger partial charge in [0.1, 0.15) is 4.21 Å². The summed E-state index contributed by atoms with van der Waals surface area (Å²) in [6.07, 6.45) is 1.63. The van der Waals surface area contributed by atoms with Crippen molar-refractivity contribution in [1.82, 2.24) is 10.3 Å². The topological polar surface area (TPSA) is 93.2 Å². The fourth-order valence-electron chi connectivity index (χ4n) is 2.65. The molecule has 3 heterocycles. The molecule has 24 heavy (non-hydrogen) atoms. The van der Waals surface area contributed by atoms with Crippen LogP contribution in [0, 0.1) is 0 Å². The van der Waals surface area contributed by atoms with E-state index in [1.54, 1.807) is 18.3 Å². The zero-order valence-corrected chi connectivity index (χ0v) is 15.6. The molecule has 0 radical (unpaired) electrons. The molecule has 10 heteroatoms. The van der Waals surface area contributed by atoms with Crippen molar-refractivity contribution < 1.29 is 16.8 Å². The number of sulfone groups is 2. The summed E-state index contributed by atoms with van der Waals surface area (Å²) in [7, 11) is -7.19. The summed E-state index contributed by atoms with van der Waals surface area (Å²) in [6, 6.07) is 7.62. The number of hydrogen-bond donors (Lipinski definition) is 1. The average Bonchev–Trinajstić information content (AvgIpc) is 3.10. The van der Waals surface area contributed by atoms with Crippen LogP contribution in [0.5, 0.6) is 0 Å². The van der Waals surface area contributed by atoms with Crippen molar-refractivity contribution in [3.05, 3.63) is 46.6 Å². The van der Waals surface area contributed by atoms with Gasteiger partial charge in [0.15, 0.2) is 19.7 Å². The maximum Gasteiger partial charge on any atom is 0.193 e. The predicted octanol–water partition coefficient (Wildman–Crippen LogP) is 1.53. The average molecular weight is 407 g/mol. The predicted molar refractivity (Wildman–Crippen MR) is 93.8 cm³/mol. The summed E-state index contributed by atoms with van der Waals surface area (Å²) < 4.78 is 50.0. The van der Waals surface area contributed by atoms with Crippen LogP contribution in [0.4, 0.5) is 0 Å². The molecule has 0 aliphatic carbocycles. The van der Waals surface area contributed by atoms with Crippen LogP contribution in [0.1, 0.15) is 5.69 Å². The van der Waals surface area contributed by atoms with Gasteiger partial charge >= 0.3 is 0 Å². The molecule has 0 bridgehead atoms. The maximum atomic E-state index is 12.8. The Balaban J connectivity index is 1.84. The molecule has 6 nitrogen and oxygen atoms in total. The van der Waals surface area contributed by atoms with E-state index in [0.29, 0.717) is 10.9 Å². The molecule has 3 rings (SSSR count). The van der Waals surface area contributed by atoms with Gasteiger partial charge in [0.05, 0.1) is 26.8 Å². The molecule has 0 spiro atoms. The van der Waals surface area contributed by atoms with Gasteiger partial charge in [0.2, 0.25) is 0 Å². The van der Waals surface area contributed by atoms with Gasteiger partial charge in [-0.1, -0.05) is 17.7 Å². The van der Waals surface area contributed by atoms with E-state index in [2.05, 4.69) is 10.3 Å². The Morgan fingerprint density at radius 3 is 2.67 bits per heavy atom. The number of thiophene rings is 1. The Labute approximate surface area is 149 Å². The lowest BCUT2D eigenvalue weighted by Crippen LogP contribution is -2.42. The molecule has 0 aromatic carbocycles. The minimum atomic E-state index is -3.77. The van der Waals surface area contributed by atoms with Gasteiger partial charge in [0.25, 0.3) is 0 Å². The smallest absolute Gasteiger partial charge is 0.193 e. The van der Waals surface area contributed by atoms with Crippen LogP contribution in [0.2, 0.25) is 4.34 Å². The standard InChI is InChI=1S/C14H15ClN2O4S3/c15-13-4-5-14(22-13)24(20,21)12-9-23(18,19)8-11(12)17-7-10-3-1-2-6-16-10/h1-6,11-12,17H,7-9H2/t11-,12-/m0/s1. The van der Waals surface area contributed by atoms with Crippen molar-refractivity contribution in [1.29, 1.82) is 0 Å². The molecular formula is C14H15ClN2O4S3. The molecule has 1 aliphatic heterocycles. The quantitative estimate of drug-likeness (QED) is 0.809. The Bertz CT molecular complexity index is 926. The summed E-state index contributed by atoms with van der Waals surface area (Å²) in [4.78, 5) is 4.15. The summed E-state index contributed by atoms with van der Waals surface area (Å²) in [5.41, 5.74) is 0.720. The third kappa shape index (κ3) is 3.80. The number of nitrogens with one attached hydrogen (secondary N) is 1. The van der Waals surface area contributed by atoms with Gasteiger partial charge in [-0.15, -0.1) is 11.3 Å². The van der Waals surface area contributed by atoms with Crippen molar-refractivity contribution in [2.24, 2.45) is 0 Å². The lowest BCUT2D eigenvalue weighted by Gasteiger charge is -2.19. The van der Waals surface area contributed by atoms with Gasteiger partial charge in [-0.2, -0.15) is 0 Å². The maximum absolute atomic E-state index is 12.8. The van der Waals surface area contributed by atoms with Gasteiger partial charge in [-0.05, 0) is 24.3 Å². The number of hydrogen-bond acceptors (Lipinski definition) is 7. The molecule has 1 saturated heterocycles. The van der Waals surface area contributed by atoms with Crippen molar-refractivity contribution in [3.63, 3.8) is 0 Å². The first-order valence-electron chi connectivity index (χ1n) is 7.11. The number of halogens is 1. The Morgan fingerprint density at radius 1 is 1.25 bits per heavy atom. The minimum Gasteiger partial charge on any atom is -0.306 e. The Morgan fingerprint density at radius 2 is 2.04 bits per heavy atom. The molecular weight excluding hydrogens is 392 g/mol. The third-order valence-corrected chi connectivity index (χ3v) is 9.71. The number of pyridine rings is 1. The first kappa shape index (κ1) is 17.8. The number of rotatable bonds is 5.